The fraction of sp³-hybridized carbons (Fsp3) is 0.154. The minimum absolute atomic E-state index is 0.668. The molecule has 0 amide bonds. The van der Waals surface area contributed by atoms with Gasteiger partial charge in [-0.1, -0.05) is 36.0 Å². The summed E-state index contributed by atoms with van der Waals surface area (Å²) in [6.07, 6.45) is 3.58. The lowest BCUT2D eigenvalue weighted by atomic mass is 10.4. The molecule has 0 saturated heterocycles. The van der Waals surface area contributed by atoms with Crippen LogP contribution in [0.5, 0.6) is 0 Å². The fourth-order valence-electron chi connectivity index (χ4n) is 1.40. The van der Waals surface area contributed by atoms with E-state index in [1.165, 1.54) is 23.5 Å². The van der Waals surface area contributed by atoms with Gasteiger partial charge in [0.25, 0.3) is 0 Å². The molecule has 0 aliphatic rings. The highest BCUT2D eigenvalue weighted by atomic mass is 32.2. The van der Waals surface area contributed by atoms with Crippen LogP contribution in [0.3, 0.4) is 0 Å². The summed E-state index contributed by atoms with van der Waals surface area (Å²) < 4.78 is -1.04. The molecule has 2 rings (SSSR count). The first kappa shape index (κ1) is 12.5. The normalized spacial score (nSPS) is 14.2. The molecule has 1 atom stereocenters. The minimum Gasteiger partial charge on any atom is -0.365 e. The second kappa shape index (κ2) is 5.58. The van der Waals surface area contributed by atoms with Crippen LogP contribution in [-0.2, 0) is 4.27 Å². The Labute approximate surface area is 109 Å². The van der Waals surface area contributed by atoms with Crippen molar-refractivity contribution < 1.29 is 5.11 Å². The number of rotatable bonds is 4. The quantitative estimate of drug-likeness (QED) is 0.677. The summed E-state index contributed by atoms with van der Waals surface area (Å²) >= 11 is 2.78. The molecule has 88 valence electrons. The third-order valence-electron chi connectivity index (χ3n) is 2.26. The van der Waals surface area contributed by atoms with E-state index in [1.54, 1.807) is 6.20 Å². The van der Waals surface area contributed by atoms with Crippen LogP contribution in [0.15, 0.2) is 59.6 Å². The van der Waals surface area contributed by atoms with Crippen molar-refractivity contribution in [3.8, 4) is 0 Å². The second-order valence-electron chi connectivity index (χ2n) is 3.42. The molecule has 0 spiro atoms. The molecule has 0 aliphatic heterocycles. The molecule has 1 N–H and O–H groups in total. The highest BCUT2D eigenvalue weighted by Gasteiger charge is 2.31. The number of benzene rings is 1. The Hall–Kier alpha value is -0.970. The Balaban J connectivity index is 2.27. The maximum atomic E-state index is 10.6. The van der Waals surface area contributed by atoms with Crippen LogP contribution in [0.4, 0.5) is 0 Å². The van der Waals surface area contributed by atoms with E-state index in [4.69, 9.17) is 0 Å². The summed E-state index contributed by atoms with van der Waals surface area (Å²) in [4.78, 5) is 5.25. The van der Waals surface area contributed by atoms with Crippen LogP contribution in [0.2, 0.25) is 0 Å². The summed E-state index contributed by atoms with van der Waals surface area (Å²) in [5.41, 5.74) is 0.668. The number of hydrogen-bond donors (Lipinski definition) is 1. The van der Waals surface area contributed by atoms with E-state index in [1.807, 2.05) is 54.8 Å². The monoisotopic (exact) mass is 263 g/mol. The highest BCUT2D eigenvalue weighted by molar-refractivity contribution is 8.16. The maximum absolute atomic E-state index is 10.6. The van der Waals surface area contributed by atoms with Gasteiger partial charge in [-0.3, -0.25) is 4.98 Å². The molecule has 1 aromatic carbocycles. The van der Waals surface area contributed by atoms with E-state index in [-0.39, 0.29) is 0 Å². The van der Waals surface area contributed by atoms with Crippen molar-refractivity contribution >= 4 is 23.5 Å². The summed E-state index contributed by atoms with van der Waals surface area (Å²) in [5.74, 6) is 0. The van der Waals surface area contributed by atoms with E-state index < -0.39 is 4.27 Å². The van der Waals surface area contributed by atoms with Crippen LogP contribution >= 0.6 is 23.5 Å². The van der Waals surface area contributed by atoms with Gasteiger partial charge in [-0.2, -0.15) is 0 Å². The van der Waals surface area contributed by atoms with Crippen molar-refractivity contribution in [1.82, 2.24) is 4.98 Å². The van der Waals surface area contributed by atoms with E-state index >= 15 is 0 Å². The summed E-state index contributed by atoms with van der Waals surface area (Å²) in [5, 5.41) is 10.6. The Morgan fingerprint density at radius 2 is 1.76 bits per heavy atom. The average Bonchev–Trinajstić information content (AvgIpc) is 2.41. The Bertz CT molecular complexity index is 463. The predicted octanol–water partition coefficient (Wildman–Crippen LogP) is 3.34. The number of aliphatic hydroxyl groups is 1. The number of pyridine rings is 1. The lowest BCUT2D eigenvalue weighted by molar-refractivity contribution is 0.230. The second-order valence-corrected chi connectivity index (χ2v) is 5.94. The number of nitrogens with zero attached hydrogens (tertiary/aromatic N) is 1. The van der Waals surface area contributed by atoms with Gasteiger partial charge in [-0.25, -0.2) is 0 Å². The van der Waals surface area contributed by atoms with Crippen LogP contribution < -0.4 is 0 Å². The molecule has 4 heteroatoms. The van der Waals surface area contributed by atoms with E-state index in [0.717, 1.165) is 4.90 Å². The van der Waals surface area contributed by atoms with Crippen LogP contribution in [0.25, 0.3) is 0 Å². The van der Waals surface area contributed by atoms with E-state index in [2.05, 4.69) is 4.98 Å². The van der Waals surface area contributed by atoms with Crippen molar-refractivity contribution in [2.75, 3.05) is 6.26 Å². The van der Waals surface area contributed by atoms with Crippen molar-refractivity contribution in [3.63, 3.8) is 0 Å². The predicted molar refractivity (Wildman–Crippen MR) is 73.9 cm³/mol. The van der Waals surface area contributed by atoms with Gasteiger partial charge in [-0.15, -0.1) is 11.8 Å². The van der Waals surface area contributed by atoms with Crippen molar-refractivity contribution in [2.45, 2.75) is 9.16 Å². The molecule has 0 radical (unpaired) electrons. The molecule has 17 heavy (non-hydrogen) atoms. The van der Waals surface area contributed by atoms with Gasteiger partial charge < -0.3 is 5.11 Å². The van der Waals surface area contributed by atoms with Gasteiger partial charge in [0.15, 0.2) is 0 Å². The van der Waals surface area contributed by atoms with Gasteiger partial charge >= 0.3 is 0 Å². The number of thioether (sulfide) groups is 2. The molecule has 2 nitrogen and oxygen atoms in total. The van der Waals surface area contributed by atoms with Gasteiger partial charge in [0.05, 0.1) is 5.69 Å². The molecule has 0 bridgehead atoms. The number of hydrogen-bond acceptors (Lipinski definition) is 4. The van der Waals surface area contributed by atoms with Crippen molar-refractivity contribution in [3.05, 3.63) is 60.4 Å². The van der Waals surface area contributed by atoms with Gasteiger partial charge in [0, 0.05) is 11.1 Å². The van der Waals surface area contributed by atoms with Crippen LogP contribution in [0, 0.1) is 0 Å². The zero-order valence-corrected chi connectivity index (χ0v) is 11.0. The molecular weight excluding hydrogens is 250 g/mol. The first-order valence-corrected chi connectivity index (χ1v) is 7.22. The Morgan fingerprint density at radius 1 is 1.06 bits per heavy atom. The summed E-state index contributed by atoms with van der Waals surface area (Å²) in [7, 11) is 0. The molecule has 2 aromatic rings. The molecule has 0 saturated carbocycles. The number of aromatic nitrogens is 1. The molecule has 0 fully saturated rings. The fourth-order valence-corrected chi connectivity index (χ4v) is 3.19. The van der Waals surface area contributed by atoms with Gasteiger partial charge in [0.1, 0.15) is 0 Å². The maximum Gasteiger partial charge on any atom is 0.205 e. The molecule has 1 unspecified atom stereocenters. The summed E-state index contributed by atoms with van der Waals surface area (Å²) in [6, 6.07) is 15.4. The first-order chi connectivity index (χ1) is 8.24. The minimum atomic E-state index is -1.04. The van der Waals surface area contributed by atoms with Gasteiger partial charge in [-0.05, 0) is 30.5 Å². The van der Waals surface area contributed by atoms with Crippen molar-refractivity contribution in [1.29, 1.82) is 0 Å². The lowest BCUT2D eigenvalue weighted by Gasteiger charge is -2.24. The average molecular weight is 263 g/mol. The largest absolute Gasteiger partial charge is 0.365 e. The molecular formula is C13H13NOS2. The molecule has 1 aromatic heterocycles. The zero-order chi connectivity index (χ0) is 12.1. The topological polar surface area (TPSA) is 33.1 Å². The smallest absolute Gasteiger partial charge is 0.205 e. The van der Waals surface area contributed by atoms with E-state index in [0.29, 0.717) is 5.69 Å². The standard InChI is InChI=1S/C13H13NOS2/c1-16-13(15,12-9-5-6-10-14-12)17-11-7-3-2-4-8-11/h2-10,15H,1H3. The Morgan fingerprint density at radius 3 is 2.35 bits per heavy atom. The zero-order valence-electron chi connectivity index (χ0n) is 9.41. The third kappa shape index (κ3) is 3.03. The summed E-state index contributed by atoms with van der Waals surface area (Å²) in [6.45, 7) is 0. The van der Waals surface area contributed by atoms with E-state index in [9.17, 15) is 5.11 Å². The van der Waals surface area contributed by atoms with Crippen LogP contribution in [0.1, 0.15) is 5.69 Å². The molecule has 1 heterocycles. The van der Waals surface area contributed by atoms with Crippen molar-refractivity contribution in [2.24, 2.45) is 0 Å². The first-order valence-electron chi connectivity index (χ1n) is 5.18. The van der Waals surface area contributed by atoms with Gasteiger partial charge in [0.2, 0.25) is 4.27 Å². The van der Waals surface area contributed by atoms with Crippen LogP contribution in [-0.4, -0.2) is 16.3 Å². The Kier molecular flexibility index (Phi) is 4.10. The SMILES string of the molecule is CSC(O)(Sc1ccccc1)c1ccccn1. The highest BCUT2D eigenvalue weighted by Crippen LogP contribution is 2.45. The third-order valence-corrected chi connectivity index (χ3v) is 4.77. The lowest BCUT2D eigenvalue weighted by Crippen LogP contribution is -2.17. The molecule has 0 aliphatic carbocycles.